The van der Waals surface area contributed by atoms with E-state index in [-0.39, 0.29) is 0 Å². The Balaban J connectivity index is 1.58. The number of rotatable bonds is 3. The van der Waals surface area contributed by atoms with Crippen LogP contribution in [0, 0.1) is 6.92 Å². The summed E-state index contributed by atoms with van der Waals surface area (Å²) in [7, 11) is 0. The van der Waals surface area contributed by atoms with Gasteiger partial charge in [-0.15, -0.1) is 11.3 Å². The Kier molecular flexibility index (Phi) is 3.75. The summed E-state index contributed by atoms with van der Waals surface area (Å²) in [4.78, 5) is 8.20. The molecule has 0 radical (unpaired) electrons. The van der Waals surface area contributed by atoms with Crippen molar-refractivity contribution in [2.75, 3.05) is 18.1 Å². The zero-order chi connectivity index (χ0) is 15.6. The quantitative estimate of drug-likeness (QED) is 0.709. The molecule has 0 amide bonds. The first kappa shape index (κ1) is 14.3. The van der Waals surface area contributed by atoms with E-state index in [9.17, 15) is 0 Å². The number of aromatic nitrogens is 1. The Morgan fingerprint density at radius 1 is 1.17 bits per heavy atom. The van der Waals surface area contributed by atoms with E-state index >= 15 is 0 Å². The normalized spacial score (nSPS) is 13.5. The Hall–Kier alpha value is -2.33. The predicted octanol–water partition coefficient (Wildman–Crippen LogP) is 4.52. The number of hydrogen-bond acceptors (Lipinski definition) is 4. The van der Waals surface area contributed by atoms with Gasteiger partial charge in [0, 0.05) is 6.20 Å². The van der Waals surface area contributed by atoms with E-state index in [2.05, 4.69) is 59.3 Å². The van der Waals surface area contributed by atoms with Gasteiger partial charge >= 0.3 is 0 Å². The van der Waals surface area contributed by atoms with Crippen LogP contribution in [0.3, 0.4) is 0 Å². The van der Waals surface area contributed by atoms with Crippen LogP contribution >= 0.6 is 11.3 Å². The highest BCUT2D eigenvalue weighted by Crippen LogP contribution is 2.34. The van der Waals surface area contributed by atoms with Gasteiger partial charge in [-0.05, 0) is 30.2 Å². The van der Waals surface area contributed by atoms with Gasteiger partial charge in [0.1, 0.15) is 17.4 Å². The highest BCUT2D eigenvalue weighted by atomic mass is 32.1. The maximum atomic E-state index is 5.76. The fourth-order valence-corrected chi connectivity index (χ4v) is 3.77. The van der Waals surface area contributed by atoms with Gasteiger partial charge in [-0.3, -0.25) is 0 Å². The number of nitrogens with zero attached hydrogens (tertiary/aromatic N) is 2. The second-order valence-corrected chi connectivity index (χ2v) is 6.84. The number of benzene rings is 2. The van der Waals surface area contributed by atoms with E-state index in [1.165, 1.54) is 21.7 Å². The second kappa shape index (κ2) is 6.05. The monoisotopic (exact) mass is 322 g/mol. The van der Waals surface area contributed by atoms with Crippen LogP contribution in [0.25, 0.3) is 10.4 Å². The summed E-state index contributed by atoms with van der Waals surface area (Å²) in [6.07, 6.45) is 1.98. The molecule has 2 heterocycles. The molecule has 0 aliphatic carbocycles. The lowest BCUT2D eigenvalue weighted by atomic mass is 10.1. The molecule has 0 saturated carbocycles. The molecule has 0 unspecified atom stereocenters. The minimum atomic E-state index is 0.729. The number of ether oxygens (including phenoxy) is 1. The topological polar surface area (TPSA) is 25.4 Å². The Bertz CT molecular complexity index is 813. The largest absolute Gasteiger partial charge is 0.490 e. The van der Waals surface area contributed by atoms with Gasteiger partial charge in [-0.2, -0.15) is 0 Å². The average molecular weight is 322 g/mol. The average Bonchev–Trinajstić information content (AvgIpc) is 3.05. The van der Waals surface area contributed by atoms with Gasteiger partial charge in [0.25, 0.3) is 0 Å². The molecule has 1 aliphatic heterocycles. The van der Waals surface area contributed by atoms with Gasteiger partial charge < -0.3 is 9.64 Å². The van der Waals surface area contributed by atoms with Crippen LogP contribution in [0.4, 0.5) is 5.69 Å². The number of hydrogen-bond donors (Lipinski definition) is 0. The lowest BCUT2D eigenvalue weighted by molar-refractivity contribution is 0.307. The highest BCUT2D eigenvalue weighted by molar-refractivity contribution is 7.15. The van der Waals surface area contributed by atoms with E-state index in [1.54, 1.807) is 11.3 Å². The van der Waals surface area contributed by atoms with Crippen LogP contribution in [0.15, 0.2) is 54.7 Å². The third kappa shape index (κ3) is 2.94. The van der Waals surface area contributed by atoms with Crippen molar-refractivity contribution in [1.29, 1.82) is 0 Å². The maximum Gasteiger partial charge on any atom is 0.142 e. The van der Waals surface area contributed by atoms with Gasteiger partial charge in [0.2, 0.25) is 0 Å². The van der Waals surface area contributed by atoms with Crippen molar-refractivity contribution in [2.24, 2.45) is 0 Å². The SMILES string of the molecule is Cc1ccc2c(c1)N(Cc1ncc(-c3ccccc3)s1)CCO2. The molecule has 0 N–H and O–H groups in total. The number of aryl methyl sites for hydroxylation is 1. The summed E-state index contributed by atoms with van der Waals surface area (Å²) in [5, 5.41) is 1.14. The summed E-state index contributed by atoms with van der Waals surface area (Å²) in [5.41, 5.74) is 3.66. The molecule has 116 valence electrons. The van der Waals surface area contributed by atoms with Gasteiger partial charge in [-0.25, -0.2) is 4.98 Å². The van der Waals surface area contributed by atoms with Crippen LogP contribution in [0.5, 0.6) is 5.75 Å². The summed E-state index contributed by atoms with van der Waals surface area (Å²) < 4.78 is 5.76. The molecule has 0 atom stereocenters. The summed E-state index contributed by atoms with van der Waals surface area (Å²) in [6.45, 7) is 4.57. The van der Waals surface area contributed by atoms with Crippen molar-refractivity contribution in [1.82, 2.24) is 4.98 Å². The molecule has 3 nitrogen and oxygen atoms in total. The van der Waals surface area contributed by atoms with Crippen molar-refractivity contribution in [3.05, 3.63) is 65.3 Å². The van der Waals surface area contributed by atoms with Crippen molar-refractivity contribution in [3.8, 4) is 16.2 Å². The lowest BCUT2D eigenvalue weighted by Crippen LogP contribution is -2.32. The molecule has 3 aromatic rings. The van der Waals surface area contributed by atoms with E-state index in [0.717, 1.165) is 30.5 Å². The molecule has 4 rings (SSSR count). The van der Waals surface area contributed by atoms with Crippen LogP contribution in [-0.2, 0) is 6.54 Å². The van der Waals surface area contributed by atoms with E-state index in [4.69, 9.17) is 4.74 Å². The fourth-order valence-electron chi connectivity index (χ4n) is 2.83. The highest BCUT2D eigenvalue weighted by Gasteiger charge is 2.19. The molecule has 0 spiro atoms. The first-order chi connectivity index (χ1) is 11.3. The molecule has 0 bridgehead atoms. The molecule has 23 heavy (non-hydrogen) atoms. The first-order valence-electron chi connectivity index (χ1n) is 7.78. The van der Waals surface area contributed by atoms with Crippen molar-refractivity contribution < 1.29 is 4.74 Å². The van der Waals surface area contributed by atoms with Crippen molar-refractivity contribution in [3.63, 3.8) is 0 Å². The maximum absolute atomic E-state index is 5.76. The first-order valence-corrected chi connectivity index (χ1v) is 8.60. The fraction of sp³-hybridized carbons (Fsp3) is 0.211. The Morgan fingerprint density at radius 3 is 2.91 bits per heavy atom. The smallest absolute Gasteiger partial charge is 0.142 e. The van der Waals surface area contributed by atoms with Gasteiger partial charge in [-0.1, -0.05) is 36.4 Å². The predicted molar refractivity (Wildman–Crippen MR) is 95.3 cm³/mol. The Labute approximate surface area is 140 Å². The summed E-state index contributed by atoms with van der Waals surface area (Å²) in [5.74, 6) is 0.974. The van der Waals surface area contributed by atoms with Crippen molar-refractivity contribution >= 4 is 17.0 Å². The number of thiazole rings is 1. The van der Waals surface area contributed by atoms with E-state index in [0.29, 0.717) is 0 Å². The number of anilines is 1. The zero-order valence-corrected chi connectivity index (χ0v) is 13.8. The number of fused-ring (bicyclic) bond motifs is 1. The molecule has 0 fully saturated rings. The molecular formula is C19H18N2OS. The van der Waals surface area contributed by atoms with Crippen LogP contribution in [0.1, 0.15) is 10.6 Å². The minimum Gasteiger partial charge on any atom is -0.490 e. The second-order valence-electron chi connectivity index (χ2n) is 5.73. The summed E-state index contributed by atoms with van der Waals surface area (Å²) in [6, 6.07) is 16.8. The lowest BCUT2D eigenvalue weighted by Gasteiger charge is -2.30. The van der Waals surface area contributed by atoms with Crippen LogP contribution in [-0.4, -0.2) is 18.1 Å². The third-order valence-corrected chi connectivity index (χ3v) is 5.04. The minimum absolute atomic E-state index is 0.729. The van der Waals surface area contributed by atoms with E-state index in [1.807, 2.05) is 12.3 Å². The van der Waals surface area contributed by atoms with Gasteiger partial charge in [0.05, 0.1) is 23.7 Å². The summed E-state index contributed by atoms with van der Waals surface area (Å²) >= 11 is 1.76. The zero-order valence-electron chi connectivity index (χ0n) is 13.0. The molecular weight excluding hydrogens is 304 g/mol. The molecule has 2 aromatic carbocycles. The van der Waals surface area contributed by atoms with Gasteiger partial charge in [0.15, 0.2) is 0 Å². The van der Waals surface area contributed by atoms with Crippen LogP contribution in [0.2, 0.25) is 0 Å². The van der Waals surface area contributed by atoms with Crippen molar-refractivity contribution in [2.45, 2.75) is 13.5 Å². The molecule has 4 heteroatoms. The third-order valence-electron chi connectivity index (χ3n) is 4.01. The van der Waals surface area contributed by atoms with Crippen LogP contribution < -0.4 is 9.64 Å². The van der Waals surface area contributed by atoms with E-state index < -0.39 is 0 Å². The molecule has 0 saturated heterocycles. The standard InChI is InChI=1S/C19H18N2OS/c1-14-7-8-17-16(11-14)21(9-10-22-17)13-19-20-12-18(23-19)15-5-3-2-4-6-15/h2-8,11-12H,9-10,13H2,1H3. The molecule has 1 aliphatic rings. The Morgan fingerprint density at radius 2 is 2.04 bits per heavy atom. The molecule has 1 aromatic heterocycles.